The highest BCUT2D eigenvalue weighted by molar-refractivity contribution is 5.94. The molecule has 0 aliphatic carbocycles. The Morgan fingerprint density at radius 2 is 2.47 bits per heavy atom. The van der Waals surface area contributed by atoms with Gasteiger partial charge >= 0.3 is 0 Å². The van der Waals surface area contributed by atoms with Crippen molar-refractivity contribution in [2.75, 3.05) is 6.54 Å². The molecule has 0 bridgehead atoms. The molecule has 1 aliphatic heterocycles. The summed E-state index contributed by atoms with van der Waals surface area (Å²) in [5, 5.41) is 3.36. The van der Waals surface area contributed by atoms with Gasteiger partial charge in [-0.15, -0.1) is 0 Å². The predicted molar refractivity (Wildman–Crippen MR) is 56.6 cm³/mol. The number of hydrogen-bond donors (Lipinski definition) is 1. The molecule has 1 fully saturated rings. The van der Waals surface area contributed by atoms with Crippen molar-refractivity contribution in [3.63, 3.8) is 0 Å². The van der Waals surface area contributed by atoms with Crippen LogP contribution in [0.25, 0.3) is 0 Å². The molecule has 0 aromatic carbocycles. The van der Waals surface area contributed by atoms with E-state index in [1.807, 2.05) is 0 Å². The zero-order chi connectivity index (χ0) is 10.5. The number of rotatable bonds is 3. The monoisotopic (exact) mass is 205 g/mol. The molecule has 0 spiro atoms. The Kier molecular flexibility index (Phi) is 3.40. The molecule has 1 atom stereocenters. The second-order valence-corrected chi connectivity index (χ2v) is 3.87. The third-order valence-corrected chi connectivity index (χ3v) is 2.71. The highest BCUT2D eigenvalue weighted by atomic mass is 16.1. The van der Waals surface area contributed by atoms with Crippen LogP contribution < -0.4 is 5.32 Å². The summed E-state index contributed by atoms with van der Waals surface area (Å²) in [5.41, 5.74) is 0.525. The fourth-order valence-electron chi connectivity index (χ4n) is 1.88. The lowest BCUT2D eigenvalue weighted by Gasteiger charge is -2.22. The Balaban J connectivity index is 1.91. The molecule has 1 saturated heterocycles. The van der Waals surface area contributed by atoms with E-state index in [9.17, 15) is 4.79 Å². The van der Waals surface area contributed by atoms with E-state index in [1.54, 1.807) is 12.3 Å². The minimum Gasteiger partial charge on any atom is -0.314 e. The van der Waals surface area contributed by atoms with Gasteiger partial charge in [-0.2, -0.15) is 0 Å². The van der Waals surface area contributed by atoms with Crippen molar-refractivity contribution in [1.82, 2.24) is 15.3 Å². The number of carbonyl (C=O) groups excluding carboxylic acids is 1. The van der Waals surface area contributed by atoms with Gasteiger partial charge in [0.2, 0.25) is 0 Å². The smallest absolute Gasteiger partial charge is 0.182 e. The van der Waals surface area contributed by atoms with Crippen molar-refractivity contribution >= 4 is 5.78 Å². The number of nitrogens with one attached hydrogen (secondary N) is 1. The zero-order valence-corrected chi connectivity index (χ0v) is 8.65. The van der Waals surface area contributed by atoms with Crippen LogP contribution in [0.4, 0.5) is 0 Å². The third-order valence-electron chi connectivity index (χ3n) is 2.71. The minimum absolute atomic E-state index is 0.108. The van der Waals surface area contributed by atoms with Crippen LogP contribution in [0.2, 0.25) is 0 Å². The first kappa shape index (κ1) is 10.2. The van der Waals surface area contributed by atoms with Gasteiger partial charge in [-0.25, -0.2) is 9.97 Å². The maximum atomic E-state index is 11.8. The molecule has 1 unspecified atom stereocenters. The fourth-order valence-corrected chi connectivity index (χ4v) is 1.88. The molecule has 1 N–H and O–H groups in total. The standard InChI is InChI=1S/C11H15N3O/c15-11(10-4-6-12-8-14-10)7-9-3-1-2-5-13-9/h4,6,8-9,13H,1-3,5,7H2. The van der Waals surface area contributed by atoms with Gasteiger partial charge in [-0.3, -0.25) is 4.79 Å². The van der Waals surface area contributed by atoms with E-state index in [0.717, 1.165) is 13.0 Å². The second-order valence-electron chi connectivity index (χ2n) is 3.87. The number of nitrogens with zero attached hydrogens (tertiary/aromatic N) is 2. The predicted octanol–water partition coefficient (Wildman–Crippen LogP) is 1.19. The lowest BCUT2D eigenvalue weighted by atomic mass is 9.99. The number of piperidine rings is 1. The Hall–Kier alpha value is -1.29. The van der Waals surface area contributed by atoms with Crippen molar-refractivity contribution in [3.8, 4) is 0 Å². The summed E-state index contributed by atoms with van der Waals surface area (Å²) in [6.45, 7) is 1.03. The molecule has 2 heterocycles. The molecule has 1 aromatic rings. The van der Waals surface area contributed by atoms with E-state index >= 15 is 0 Å². The Bertz CT molecular complexity index is 320. The summed E-state index contributed by atoms with van der Waals surface area (Å²) in [5.74, 6) is 0.108. The quantitative estimate of drug-likeness (QED) is 0.753. The highest BCUT2D eigenvalue weighted by Gasteiger charge is 2.17. The third kappa shape index (κ3) is 2.83. The van der Waals surface area contributed by atoms with Crippen LogP contribution in [0.15, 0.2) is 18.6 Å². The van der Waals surface area contributed by atoms with Gasteiger partial charge in [0.25, 0.3) is 0 Å². The largest absolute Gasteiger partial charge is 0.314 e. The van der Waals surface area contributed by atoms with Crippen LogP contribution in [0.1, 0.15) is 36.2 Å². The highest BCUT2D eigenvalue weighted by Crippen LogP contribution is 2.12. The summed E-state index contributed by atoms with van der Waals surface area (Å²) in [4.78, 5) is 19.5. The van der Waals surface area contributed by atoms with Gasteiger partial charge in [-0.1, -0.05) is 6.42 Å². The Morgan fingerprint density at radius 1 is 1.53 bits per heavy atom. The number of aromatic nitrogens is 2. The summed E-state index contributed by atoms with van der Waals surface area (Å²) in [6, 6.07) is 2.01. The van der Waals surface area contributed by atoms with Crippen LogP contribution in [0, 0.1) is 0 Å². The van der Waals surface area contributed by atoms with E-state index in [2.05, 4.69) is 15.3 Å². The van der Waals surface area contributed by atoms with Crippen LogP contribution in [0.5, 0.6) is 0 Å². The number of Topliss-reactive ketones (excluding diaryl/α,β-unsaturated/α-hetero) is 1. The van der Waals surface area contributed by atoms with Gasteiger partial charge in [0.1, 0.15) is 12.0 Å². The molecule has 4 heteroatoms. The van der Waals surface area contributed by atoms with Crippen LogP contribution in [0.3, 0.4) is 0 Å². The molecule has 0 saturated carbocycles. The number of carbonyl (C=O) groups is 1. The maximum Gasteiger partial charge on any atom is 0.182 e. The lowest BCUT2D eigenvalue weighted by Crippen LogP contribution is -2.35. The van der Waals surface area contributed by atoms with Crippen molar-refractivity contribution in [2.45, 2.75) is 31.7 Å². The first-order valence-electron chi connectivity index (χ1n) is 5.39. The van der Waals surface area contributed by atoms with Crippen LogP contribution in [-0.4, -0.2) is 28.3 Å². The average Bonchev–Trinajstić information content (AvgIpc) is 2.31. The van der Waals surface area contributed by atoms with Crippen molar-refractivity contribution in [2.24, 2.45) is 0 Å². The van der Waals surface area contributed by atoms with E-state index in [-0.39, 0.29) is 5.78 Å². The average molecular weight is 205 g/mol. The normalized spacial score (nSPS) is 21.2. The van der Waals surface area contributed by atoms with Gasteiger partial charge in [-0.05, 0) is 25.5 Å². The molecular formula is C11H15N3O. The van der Waals surface area contributed by atoms with E-state index < -0.39 is 0 Å². The van der Waals surface area contributed by atoms with Crippen LogP contribution >= 0.6 is 0 Å². The van der Waals surface area contributed by atoms with Crippen molar-refractivity contribution < 1.29 is 4.79 Å². The van der Waals surface area contributed by atoms with Crippen molar-refractivity contribution in [3.05, 3.63) is 24.3 Å². The summed E-state index contributed by atoms with van der Waals surface area (Å²) in [7, 11) is 0. The molecule has 2 rings (SSSR count). The van der Waals surface area contributed by atoms with Crippen molar-refractivity contribution in [1.29, 1.82) is 0 Å². The molecule has 1 aromatic heterocycles. The molecule has 15 heavy (non-hydrogen) atoms. The van der Waals surface area contributed by atoms with E-state index in [1.165, 1.54) is 19.2 Å². The lowest BCUT2D eigenvalue weighted by molar-refractivity contribution is 0.0958. The SMILES string of the molecule is O=C(CC1CCCCN1)c1ccncn1. The first-order chi connectivity index (χ1) is 7.36. The number of hydrogen-bond acceptors (Lipinski definition) is 4. The molecule has 4 nitrogen and oxygen atoms in total. The maximum absolute atomic E-state index is 11.8. The van der Waals surface area contributed by atoms with E-state index in [0.29, 0.717) is 18.2 Å². The van der Waals surface area contributed by atoms with Gasteiger partial charge in [0.15, 0.2) is 5.78 Å². The molecule has 80 valence electrons. The van der Waals surface area contributed by atoms with Gasteiger partial charge in [0, 0.05) is 18.7 Å². The minimum atomic E-state index is 0.108. The first-order valence-corrected chi connectivity index (χ1v) is 5.39. The number of ketones is 1. The Labute approximate surface area is 89.1 Å². The molecule has 1 aliphatic rings. The molecule has 0 amide bonds. The van der Waals surface area contributed by atoms with Gasteiger partial charge in [0.05, 0.1) is 0 Å². The summed E-state index contributed by atoms with van der Waals surface area (Å²) in [6.07, 6.45) is 7.11. The second kappa shape index (κ2) is 4.98. The topological polar surface area (TPSA) is 54.9 Å². The molecule has 0 radical (unpaired) electrons. The van der Waals surface area contributed by atoms with E-state index in [4.69, 9.17) is 0 Å². The zero-order valence-electron chi connectivity index (χ0n) is 8.65. The van der Waals surface area contributed by atoms with Gasteiger partial charge < -0.3 is 5.32 Å². The molecular weight excluding hydrogens is 190 g/mol. The Morgan fingerprint density at radius 3 is 3.13 bits per heavy atom. The van der Waals surface area contributed by atoms with Crippen LogP contribution in [-0.2, 0) is 0 Å². The summed E-state index contributed by atoms with van der Waals surface area (Å²) >= 11 is 0. The summed E-state index contributed by atoms with van der Waals surface area (Å²) < 4.78 is 0. The fraction of sp³-hybridized carbons (Fsp3) is 0.545.